The first kappa shape index (κ1) is 15.6. The number of methoxy groups -OCH3 is 3. The second-order valence-corrected chi connectivity index (χ2v) is 4.51. The Bertz CT molecular complexity index is 672. The molecular weight excluding hydrogens is 280 g/mol. The molecule has 0 atom stereocenters. The van der Waals surface area contributed by atoms with Gasteiger partial charge in [0.05, 0.1) is 21.3 Å². The van der Waals surface area contributed by atoms with Crippen LogP contribution in [0.1, 0.15) is 11.1 Å². The fourth-order valence-electron chi connectivity index (χ4n) is 2.20. The third-order valence-electron chi connectivity index (χ3n) is 3.33. The van der Waals surface area contributed by atoms with Gasteiger partial charge in [0.2, 0.25) is 0 Å². The molecule has 0 spiro atoms. The molecule has 0 unspecified atom stereocenters. The van der Waals surface area contributed by atoms with Crippen LogP contribution in [0.15, 0.2) is 48.5 Å². The lowest BCUT2D eigenvalue weighted by Gasteiger charge is -2.14. The number of hydrogen-bond acceptors (Lipinski definition) is 4. The van der Waals surface area contributed by atoms with Crippen LogP contribution in [-0.2, 0) is 4.79 Å². The van der Waals surface area contributed by atoms with Crippen molar-refractivity contribution in [3.05, 3.63) is 59.7 Å². The molecule has 0 aliphatic rings. The molecule has 0 heterocycles. The van der Waals surface area contributed by atoms with E-state index in [-0.39, 0.29) is 0 Å². The minimum atomic E-state index is 0.642. The van der Waals surface area contributed by atoms with Crippen LogP contribution >= 0.6 is 0 Å². The number of carbonyl (C=O) groups excluding carboxylic acids is 1. The molecule has 0 aromatic heterocycles. The van der Waals surface area contributed by atoms with Crippen LogP contribution in [0.2, 0.25) is 0 Å². The zero-order valence-electron chi connectivity index (χ0n) is 12.8. The van der Waals surface area contributed by atoms with Crippen molar-refractivity contribution in [2.45, 2.75) is 0 Å². The van der Waals surface area contributed by atoms with Gasteiger partial charge in [-0.05, 0) is 41.5 Å². The summed E-state index contributed by atoms with van der Waals surface area (Å²) in [6.07, 6.45) is 2.29. The number of hydrogen-bond donors (Lipinski definition) is 0. The highest BCUT2D eigenvalue weighted by Gasteiger charge is 2.12. The summed E-state index contributed by atoms with van der Waals surface area (Å²) in [4.78, 5) is 11.0. The van der Waals surface area contributed by atoms with Gasteiger partial charge in [0, 0.05) is 11.6 Å². The zero-order valence-corrected chi connectivity index (χ0v) is 12.8. The number of carbonyl (C=O) groups is 1. The summed E-state index contributed by atoms with van der Waals surface area (Å²) in [5.74, 6) is 2.10. The van der Waals surface area contributed by atoms with E-state index in [1.165, 1.54) is 6.08 Å². The number of allylic oxidation sites excluding steroid dienone is 1. The predicted octanol–water partition coefficient (Wildman–Crippen LogP) is 3.34. The van der Waals surface area contributed by atoms with E-state index in [4.69, 9.17) is 14.2 Å². The van der Waals surface area contributed by atoms with Crippen molar-refractivity contribution in [3.63, 3.8) is 0 Å². The van der Waals surface area contributed by atoms with E-state index in [1.807, 2.05) is 36.4 Å². The van der Waals surface area contributed by atoms with Gasteiger partial charge in [0.25, 0.3) is 0 Å². The monoisotopic (exact) mass is 298 g/mol. The molecule has 22 heavy (non-hydrogen) atoms. The molecule has 0 bridgehead atoms. The third kappa shape index (κ3) is 3.28. The number of aldehydes is 1. The lowest BCUT2D eigenvalue weighted by atomic mass is 9.96. The molecule has 0 saturated carbocycles. The third-order valence-corrected chi connectivity index (χ3v) is 3.33. The Kier molecular flexibility index (Phi) is 5.20. The van der Waals surface area contributed by atoms with Gasteiger partial charge in [-0.25, -0.2) is 0 Å². The maximum atomic E-state index is 11.0. The van der Waals surface area contributed by atoms with Gasteiger partial charge in [-0.2, -0.15) is 0 Å². The molecule has 2 aromatic rings. The Balaban J connectivity index is 2.52. The molecule has 0 aliphatic heterocycles. The van der Waals surface area contributed by atoms with Crippen molar-refractivity contribution in [2.24, 2.45) is 0 Å². The maximum absolute atomic E-state index is 11.0. The van der Waals surface area contributed by atoms with Gasteiger partial charge in [0.15, 0.2) is 0 Å². The van der Waals surface area contributed by atoms with Gasteiger partial charge >= 0.3 is 0 Å². The van der Waals surface area contributed by atoms with E-state index < -0.39 is 0 Å². The summed E-state index contributed by atoms with van der Waals surface area (Å²) >= 11 is 0. The lowest BCUT2D eigenvalue weighted by molar-refractivity contribution is -0.104. The number of benzene rings is 2. The van der Waals surface area contributed by atoms with Gasteiger partial charge in [-0.3, -0.25) is 4.79 Å². The second-order valence-electron chi connectivity index (χ2n) is 4.51. The minimum Gasteiger partial charge on any atom is -0.497 e. The molecule has 0 fully saturated rings. The van der Waals surface area contributed by atoms with Crippen molar-refractivity contribution in [2.75, 3.05) is 21.3 Å². The zero-order chi connectivity index (χ0) is 15.9. The highest BCUT2D eigenvalue weighted by atomic mass is 16.5. The van der Waals surface area contributed by atoms with E-state index in [0.29, 0.717) is 11.5 Å². The minimum absolute atomic E-state index is 0.642. The summed E-state index contributed by atoms with van der Waals surface area (Å²) in [5, 5.41) is 0. The molecule has 0 N–H and O–H groups in total. The molecule has 2 aromatic carbocycles. The maximum Gasteiger partial charge on any atom is 0.143 e. The number of ether oxygens (including phenoxy) is 3. The first-order valence-corrected chi connectivity index (χ1v) is 6.75. The van der Waals surface area contributed by atoms with Crippen LogP contribution in [0, 0.1) is 0 Å². The normalized spacial score (nSPS) is 11.0. The van der Waals surface area contributed by atoms with Crippen molar-refractivity contribution >= 4 is 11.9 Å². The largest absolute Gasteiger partial charge is 0.497 e. The predicted molar refractivity (Wildman–Crippen MR) is 85.7 cm³/mol. The van der Waals surface area contributed by atoms with Crippen molar-refractivity contribution in [3.8, 4) is 17.2 Å². The number of rotatable bonds is 6. The molecule has 4 nitrogen and oxygen atoms in total. The summed E-state index contributed by atoms with van der Waals surface area (Å²) in [5.41, 5.74) is 2.49. The van der Waals surface area contributed by atoms with Gasteiger partial charge in [0.1, 0.15) is 23.5 Å². The highest BCUT2D eigenvalue weighted by Crippen LogP contribution is 2.34. The smallest absolute Gasteiger partial charge is 0.143 e. The molecule has 114 valence electrons. The summed E-state index contributed by atoms with van der Waals surface area (Å²) in [6, 6.07) is 13.0. The lowest BCUT2D eigenvalue weighted by Crippen LogP contribution is -1.96. The quantitative estimate of drug-likeness (QED) is 0.606. The van der Waals surface area contributed by atoms with E-state index >= 15 is 0 Å². The molecule has 4 heteroatoms. The van der Waals surface area contributed by atoms with Crippen molar-refractivity contribution in [1.29, 1.82) is 0 Å². The molecule has 0 radical (unpaired) electrons. The summed E-state index contributed by atoms with van der Waals surface area (Å²) in [6.45, 7) is 0. The van der Waals surface area contributed by atoms with E-state index in [1.54, 1.807) is 27.4 Å². The fraction of sp³-hybridized carbons (Fsp3) is 0.167. The van der Waals surface area contributed by atoms with Crippen LogP contribution in [-0.4, -0.2) is 27.6 Å². The van der Waals surface area contributed by atoms with Crippen molar-refractivity contribution in [1.82, 2.24) is 0 Å². The van der Waals surface area contributed by atoms with Gasteiger partial charge in [-0.1, -0.05) is 12.1 Å². The summed E-state index contributed by atoms with van der Waals surface area (Å²) in [7, 11) is 4.80. The van der Waals surface area contributed by atoms with Crippen LogP contribution in [0.4, 0.5) is 0 Å². The van der Waals surface area contributed by atoms with Crippen LogP contribution in [0.25, 0.3) is 5.57 Å². The standard InChI is InChI=1S/C18H18O4/c1-20-14-6-4-13(5-7-14)16(10-11-19)17-9-8-15(21-2)12-18(17)22-3/h4-12H,1-3H3/b16-10+. The average Bonchev–Trinajstić information content (AvgIpc) is 2.59. The Labute approximate surface area is 129 Å². The topological polar surface area (TPSA) is 44.8 Å². The average molecular weight is 298 g/mol. The molecular formula is C18H18O4. The Hall–Kier alpha value is -2.75. The Morgan fingerprint density at radius 2 is 1.50 bits per heavy atom. The molecule has 0 amide bonds. The van der Waals surface area contributed by atoms with E-state index in [2.05, 4.69) is 0 Å². The molecule has 0 aliphatic carbocycles. The van der Waals surface area contributed by atoms with Crippen LogP contribution < -0.4 is 14.2 Å². The molecule has 0 saturated heterocycles. The van der Waals surface area contributed by atoms with Gasteiger partial charge in [-0.15, -0.1) is 0 Å². The Morgan fingerprint density at radius 3 is 2.05 bits per heavy atom. The van der Waals surface area contributed by atoms with Crippen LogP contribution in [0.5, 0.6) is 17.2 Å². The first-order valence-electron chi connectivity index (χ1n) is 6.75. The molecule has 2 rings (SSSR count). The Morgan fingerprint density at radius 1 is 0.864 bits per heavy atom. The van der Waals surface area contributed by atoms with Gasteiger partial charge < -0.3 is 14.2 Å². The van der Waals surface area contributed by atoms with Crippen molar-refractivity contribution < 1.29 is 19.0 Å². The SMILES string of the molecule is COc1ccc(/C(=C\C=O)c2ccc(OC)cc2OC)cc1. The summed E-state index contributed by atoms with van der Waals surface area (Å²) < 4.78 is 15.8. The van der Waals surface area contributed by atoms with E-state index in [9.17, 15) is 4.79 Å². The first-order chi connectivity index (χ1) is 10.7. The fourth-order valence-corrected chi connectivity index (χ4v) is 2.20. The van der Waals surface area contributed by atoms with Crippen LogP contribution in [0.3, 0.4) is 0 Å². The van der Waals surface area contributed by atoms with E-state index in [0.717, 1.165) is 28.7 Å². The second kappa shape index (κ2) is 7.31. The highest BCUT2D eigenvalue weighted by molar-refractivity contribution is 5.91.